The molecule has 1 atom stereocenters. The van der Waals surface area contributed by atoms with Crippen LogP contribution < -0.4 is 5.32 Å². The maximum Gasteiger partial charge on any atom is 0.341 e. The molecule has 0 bridgehead atoms. The smallest absolute Gasteiger partial charge is 0.341 e. The van der Waals surface area contributed by atoms with Gasteiger partial charge in [0, 0.05) is 12.6 Å². The third kappa shape index (κ3) is 4.69. The standard InChI is InChI=1S/C14H23NO4/c1-14(2,3)12(5-6-16)15-8-11-7-10(9-19-11)13(17)18-4/h7,9,12,15-16H,5-6,8H2,1-4H3. The molecule has 1 rings (SSSR count). The van der Waals surface area contributed by atoms with E-state index >= 15 is 0 Å². The number of carbonyl (C=O) groups is 1. The van der Waals surface area contributed by atoms with Crippen LogP contribution in [-0.4, -0.2) is 30.8 Å². The zero-order valence-electron chi connectivity index (χ0n) is 12.0. The van der Waals surface area contributed by atoms with E-state index in [0.29, 0.717) is 24.3 Å². The van der Waals surface area contributed by atoms with Gasteiger partial charge in [0.1, 0.15) is 12.0 Å². The first-order valence-electron chi connectivity index (χ1n) is 6.38. The van der Waals surface area contributed by atoms with Gasteiger partial charge in [0.25, 0.3) is 0 Å². The molecule has 0 aliphatic rings. The summed E-state index contributed by atoms with van der Waals surface area (Å²) in [5.74, 6) is 0.269. The highest BCUT2D eigenvalue weighted by molar-refractivity contribution is 5.88. The number of esters is 1. The van der Waals surface area contributed by atoms with Crippen molar-refractivity contribution in [1.29, 1.82) is 0 Å². The van der Waals surface area contributed by atoms with Gasteiger partial charge in [-0.1, -0.05) is 20.8 Å². The minimum atomic E-state index is -0.405. The zero-order chi connectivity index (χ0) is 14.5. The summed E-state index contributed by atoms with van der Waals surface area (Å²) in [6.45, 7) is 6.99. The van der Waals surface area contributed by atoms with Gasteiger partial charge in [0.15, 0.2) is 0 Å². The molecule has 0 aromatic carbocycles. The second kappa shape index (κ2) is 6.73. The molecule has 1 heterocycles. The van der Waals surface area contributed by atoms with E-state index in [9.17, 15) is 4.79 Å². The number of methoxy groups -OCH3 is 1. The Labute approximate surface area is 113 Å². The minimum Gasteiger partial charge on any atom is -0.467 e. The topological polar surface area (TPSA) is 71.7 Å². The Hall–Kier alpha value is -1.33. The van der Waals surface area contributed by atoms with Gasteiger partial charge in [-0.25, -0.2) is 4.79 Å². The first kappa shape index (κ1) is 15.7. The number of hydrogen-bond acceptors (Lipinski definition) is 5. The molecular weight excluding hydrogens is 246 g/mol. The molecule has 0 aliphatic heterocycles. The highest BCUT2D eigenvalue weighted by Gasteiger charge is 2.23. The molecule has 0 amide bonds. The molecular formula is C14H23NO4. The Morgan fingerprint density at radius 1 is 1.53 bits per heavy atom. The van der Waals surface area contributed by atoms with Gasteiger partial charge >= 0.3 is 5.97 Å². The summed E-state index contributed by atoms with van der Waals surface area (Å²) in [4.78, 5) is 11.3. The summed E-state index contributed by atoms with van der Waals surface area (Å²) >= 11 is 0. The number of rotatable bonds is 6. The maximum atomic E-state index is 11.3. The van der Waals surface area contributed by atoms with Crippen molar-refractivity contribution in [2.45, 2.75) is 39.8 Å². The van der Waals surface area contributed by atoms with Gasteiger partial charge in [-0.3, -0.25) is 0 Å². The van der Waals surface area contributed by atoms with Crippen LogP contribution in [0.3, 0.4) is 0 Å². The average Bonchev–Trinajstić information content (AvgIpc) is 2.80. The van der Waals surface area contributed by atoms with E-state index in [1.54, 1.807) is 6.07 Å². The van der Waals surface area contributed by atoms with Crippen molar-refractivity contribution >= 4 is 5.97 Å². The van der Waals surface area contributed by atoms with E-state index in [2.05, 4.69) is 30.8 Å². The van der Waals surface area contributed by atoms with Crippen molar-refractivity contribution in [2.24, 2.45) is 5.41 Å². The summed E-state index contributed by atoms with van der Waals surface area (Å²) < 4.78 is 9.92. The molecule has 5 nitrogen and oxygen atoms in total. The molecule has 0 saturated carbocycles. The number of aliphatic hydroxyl groups is 1. The van der Waals surface area contributed by atoms with Crippen LogP contribution in [0.2, 0.25) is 0 Å². The minimum absolute atomic E-state index is 0.0422. The fraction of sp³-hybridized carbons (Fsp3) is 0.643. The van der Waals surface area contributed by atoms with E-state index in [4.69, 9.17) is 9.52 Å². The van der Waals surface area contributed by atoms with Crippen LogP contribution in [-0.2, 0) is 11.3 Å². The third-order valence-electron chi connectivity index (χ3n) is 3.06. The summed E-state index contributed by atoms with van der Waals surface area (Å²) in [6, 6.07) is 1.83. The van der Waals surface area contributed by atoms with E-state index in [0.717, 1.165) is 0 Å². The number of ether oxygens (including phenoxy) is 1. The van der Waals surface area contributed by atoms with Crippen LogP contribution >= 0.6 is 0 Å². The quantitative estimate of drug-likeness (QED) is 0.772. The summed E-state index contributed by atoms with van der Waals surface area (Å²) in [5.41, 5.74) is 0.453. The van der Waals surface area contributed by atoms with Crippen molar-refractivity contribution in [3.63, 3.8) is 0 Å². The van der Waals surface area contributed by atoms with Crippen molar-refractivity contribution < 1.29 is 19.1 Å². The first-order valence-corrected chi connectivity index (χ1v) is 6.38. The molecule has 1 aromatic heterocycles. The molecule has 0 spiro atoms. The normalized spacial score (nSPS) is 13.3. The monoisotopic (exact) mass is 269 g/mol. The predicted octanol–water partition coefficient (Wildman–Crippen LogP) is 1.95. The Morgan fingerprint density at radius 2 is 2.21 bits per heavy atom. The number of hydrogen-bond donors (Lipinski definition) is 2. The molecule has 0 saturated heterocycles. The lowest BCUT2D eigenvalue weighted by Gasteiger charge is -2.31. The fourth-order valence-corrected chi connectivity index (χ4v) is 1.89. The van der Waals surface area contributed by atoms with E-state index < -0.39 is 5.97 Å². The van der Waals surface area contributed by atoms with Gasteiger partial charge in [0.2, 0.25) is 0 Å². The van der Waals surface area contributed by atoms with Crippen molar-refractivity contribution in [3.05, 3.63) is 23.7 Å². The number of aliphatic hydroxyl groups excluding tert-OH is 1. The Balaban J connectivity index is 2.59. The second-order valence-electron chi connectivity index (χ2n) is 5.61. The van der Waals surface area contributed by atoms with Crippen LogP contribution in [0.4, 0.5) is 0 Å². The van der Waals surface area contributed by atoms with Gasteiger partial charge in [-0.2, -0.15) is 0 Å². The van der Waals surface area contributed by atoms with E-state index in [-0.39, 0.29) is 18.1 Å². The molecule has 1 unspecified atom stereocenters. The number of nitrogens with one attached hydrogen (secondary N) is 1. The van der Waals surface area contributed by atoms with Gasteiger partial charge in [-0.15, -0.1) is 0 Å². The predicted molar refractivity (Wildman–Crippen MR) is 71.8 cm³/mol. The Kier molecular flexibility index (Phi) is 5.57. The van der Waals surface area contributed by atoms with Crippen molar-refractivity contribution in [2.75, 3.05) is 13.7 Å². The van der Waals surface area contributed by atoms with Crippen molar-refractivity contribution in [1.82, 2.24) is 5.32 Å². The van der Waals surface area contributed by atoms with Crippen LogP contribution in [0, 0.1) is 5.41 Å². The van der Waals surface area contributed by atoms with Crippen molar-refractivity contribution in [3.8, 4) is 0 Å². The maximum absolute atomic E-state index is 11.3. The Morgan fingerprint density at radius 3 is 2.74 bits per heavy atom. The highest BCUT2D eigenvalue weighted by Crippen LogP contribution is 2.22. The molecule has 0 radical (unpaired) electrons. The molecule has 19 heavy (non-hydrogen) atoms. The fourth-order valence-electron chi connectivity index (χ4n) is 1.89. The summed E-state index contributed by atoms with van der Waals surface area (Å²) in [7, 11) is 1.34. The molecule has 1 aromatic rings. The van der Waals surface area contributed by atoms with E-state index in [1.165, 1.54) is 13.4 Å². The SMILES string of the molecule is COC(=O)c1coc(CNC(CCO)C(C)(C)C)c1. The Bertz CT molecular complexity index is 406. The van der Waals surface area contributed by atoms with Crippen LogP contribution in [0.1, 0.15) is 43.3 Å². The molecule has 2 N–H and O–H groups in total. The summed E-state index contributed by atoms with van der Waals surface area (Å²) in [5, 5.41) is 12.4. The largest absolute Gasteiger partial charge is 0.467 e. The van der Waals surface area contributed by atoms with Gasteiger partial charge in [-0.05, 0) is 17.9 Å². The summed E-state index contributed by atoms with van der Waals surface area (Å²) in [6.07, 6.45) is 2.06. The molecule has 0 aliphatic carbocycles. The first-order chi connectivity index (χ1) is 8.88. The van der Waals surface area contributed by atoms with Crippen LogP contribution in [0.15, 0.2) is 16.7 Å². The second-order valence-corrected chi connectivity index (χ2v) is 5.61. The number of furan rings is 1. The zero-order valence-corrected chi connectivity index (χ0v) is 12.0. The molecule has 0 fully saturated rings. The van der Waals surface area contributed by atoms with Gasteiger partial charge in [0.05, 0.1) is 19.2 Å². The average molecular weight is 269 g/mol. The lowest BCUT2D eigenvalue weighted by molar-refractivity contribution is 0.0600. The van der Waals surface area contributed by atoms with Crippen LogP contribution in [0.5, 0.6) is 0 Å². The van der Waals surface area contributed by atoms with Gasteiger partial charge < -0.3 is 19.6 Å². The highest BCUT2D eigenvalue weighted by atomic mass is 16.5. The van der Waals surface area contributed by atoms with Crippen LogP contribution in [0.25, 0.3) is 0 Å². The third-order valence-corrected chi connectivity index (χ3v) is 3.06. The lowest BCUT2D eigenvalue weighted by atomic mass is 9.85. The molecule has 5 heteroatoms. The molecule has 108 valence electrons. The van der Waals surface area contributed by atoms with E-state index in [1.807, 2.05) is 0 Å². The number of carbonyl (C=O) groups excluding carboxylic acids is 1. The lowest BCUT2D eigenvalue weighted by Crippen LogP contribution is -2.40.